The molecule has 0 unspecified atom stereocenters. The average Bonchev–Trinajstić information content (AvgIpc) is 2.85. The number of nitrogens with zero attached hydrogens (tertiary/aromatic N) is 1. The Balaban J connectivity index is 1.77. The fraction of sp³-hybridized carbons (Fsp3) is 0.333. The van der Waals surface area contributed by atoms with E-state index >= 15 is 0 Å². The molecule has 0 fully saturated rings. The van der Waals surface area contributed by atoms with Crippen LogP contribution in [0.1, 0.15) is 36.8 Å². The predicted molar refractivity (Wildman–Crippen MR) is 93.5 cm³/mol. The van der Waals surface area contributed by atoms with Crippen molar-refractivity contribution in [2.75, 3.05) is 0 Å². The number of hydrogen-bond acceptors (Lipinski definition) is 1. The average molecular weight is 291 g/mol. The van der Waals surface area contributed by atoms with E-state index in [0.29, 0.717) is 6.04 Å². The highest BCUT2D eigenvalue weighted by molar-refractivity contribution is 5.18. The van der Waals surface area contributed by atoms with Crippen molar-refractivity contribution in [3.8, 4) is 0 Å². The second kappa shape index (κ2) is 7.95. The van der Waals surface area contributed by atoms with Crippen molar-refractivity contribution in [2.45, 2.75) is 44.8 Å². The van der Waals surface area contributed by atoms with Crippen molar-refractivity contribution in [3.05, 3.63) is 83.9 Å². The molecule has 0 amide bonds. The molecule has 1 heteroatoms. The summed E-state index contributed by atoms with van der Waals surface area (Å²) in [4.78, 5) is 2.62. The van der Waals surface area contributed by atoms with Crippen molar-refractivity contribution in [2.24, 2.45) is 0 Å². The van der Waals surface area contributed by atoms with Gasteiger partial charge in [0.2, 0.25) is 0 Å². The molecule has 0 aromatic heterocycles. The summed E-state index contributed by atoms with van der Waals surface area (Å²) in [5, 5.41) is 0. The first-order chi connectivity index (χ1) is 10.9. The van der Waals surface area contributed by atoms with Crippen molar-refractivity contribution in [1.29, 1.82) is 0 Å². The molecule has 1 aliphatic carbocycles. The maximum absolute atomic E-state index is 2.62. The molecular weight excluding hydrogens is 266 g/mol. The lowest BCUT2D eigenvalue weighted by molar-refractivity contribution is 0.201. The number of benzene rings is 2. The highest BCUT2D eigenvalue weighted by atomic mass is 15.1. The fourth-order valence-electron chi connectivity index (χ4n) is 3.20. The summed E-state index contributed by atoms with van der Waals surface area (Å²) in [6.45, 7) is 2.04. The van der Waals surface area contributed by atoms with Gasteiger partial charge in [0, 0.05) is 19.1 Å². The summed E-state index contributed by atoms with van der Waals surface area (Å²) in [5.74, 6) is 0. The van der Waals surface area contributed by atoms with Gasteiger partial charge < -0.3 is 0 Å². The first kappa shape index (κ1) is 15.1. The molecule has 22 heavy (non-hydrogen) atoms. The van der Waals surface area contributed by atoms with Crippen LogP contribution in [0.3, 0.4) is 0 Å². The molecule has 3 rings (SSSR count). The molecule has 0 saturated heterocycles. The SMILES string of the molecule is C1=C[C@@H](N(Cc2ccccc2)Cc2ccccc2)CCCC1. The van der Waals surface area contributed by atoms with Crippen LogP contribution < -0.4 is 0 Å². The third-order valence-corrected chi connectivity index (χ3v) is 4.40. The van der Waals surface area contributed by atoms with E-state index in [1.165, 1.54) is 36.8 Å². The molecule has 114 valence electrons. The predicted octanol–water partition coefficient (Wildman–Crippen LogP) is 5.19. The Morgan fingerprint density at radius 3 is 1.95 bits per heavy atom. The second-order valence-electron chi connectivity index (χ2n) is 6.16. The van der Waals surface area contributed by atoms with Gasteiger partial charge in [0.25, 0.3) is 0 Å². The Hall–Kier alpha value is -1.86. The van der Waals surface area contributed by atoms with Crippen molar-refractivity contribution in [3.63, 3.8) is 0 Å². The topological polar surface area (TPSA) is 3.24 Å². The van der Waals surface area contributed by atoms with Crippen molar-refractivity contribution in [1.82, 2.24) is 4.90 Å². The summed E-state index contributed by atoms with van der Waals surface area (Å²) in [6.07, 6.45) is 9.98. The normalized spacial score (nSPS) is 18.3. The van der Waals surface area contributed by atoms with Gasteiger partial charge in [-0.2, -0.15) is 0 Å². The Labute approximate surface area is 134 Å². The zero-order valence-electron chi connectivity index (χ0n) is 13.2. The van der Waals surface area contributed by atoms with Gasteiger partial charge in [-0.25, -0.2) is 0 Å². The first-order valence-corrected chi connectivity index (χ1v) is 8.40. The molecular formula is C21H25N. The number of rotatable bonds is 5. The lowest BCUT2D eigenvalue weighted by Crippen LogP contribution is -2.32. The Morgan fingerprint density at radius 2 is 1.36 bits per heavy atom. The third kappa shape index (κ3) is 4.32. The molecule has 0 saturated carbocycles. The fourth-order valence-corrected chi connectivity index (χ4v) is 3.20. The number of hydrogen-bond donors (Lipinski definition) is 0. The van der Waals surface area contributed by atoms with Gasteiger partial charge in [0.15, 0.2) is 0 Å². The second-order valence-corrected chi connectivity index (χ2v) is 6.16. The van der Waals surface area contributed by atoms with E-state index in [0.717, 1.165) is 13.1 Å². The van der Waals surface area contributed by atoms with E-state index in [4.69, 9.17) is 0 Å². The van der Waals surface area contributed by atoms with E-state index in [9.17, 15) is 0 Å². The molecule has 0 bridgehead atoms. The van der Waals surface area contributed by atoms with Gasteiger partial charge in [-0.3, -0.25) is 4.90 Å². The summed E-state index contributed by atoms with van der Waals surface area (Å²) >= 11 is 0. The largest absolute Gasteiger partial charge is 0.288 e. The minimum absolute atomic E-state index is 0.558. The Bertz CT molecular complexity index is 532. The lowest BCUT2D eigenvalue weighted by Gasteiger charge is -2.29. The van der Waals surface area contributed by atoms with E-state index in [1.807, 2.05) is 0 Å². The van der Waals surface area contributed by atoms with Gasteiger partial charge in [0.05, 0.1) is 0 Å². The molecule has 0 N–H and O–H groups in total. The highest BCUT2D eigenvalue weighted by Gasteiger charge is 2.17. The summed E-state index contributed by atoms with van der Waals surface area (Å²) in [5.41, 5.74) is 2.80. The van der Waals surface area contributed by atoms with E-state index in [-0.39, 0.29) is 0 Å². The zero-order valence-corrected chi connectivity index (χ0v) is 13.2. The first-order valence-electron chi connectivity index (χ1n) is 8.40. The minimum atomic E-state index is 0.558. The molecule has 2 aromatic rings. The monoisotopic (exact) mass is 291 g/mol. The van der Waals surface area contributed by atoms with Crippen LogP contribution in [-0.4, -0.2) is 10.9 Å². The Kier molecular flexibility index (Phi) is 5.44. The van der Waals surface area contributed by atoms with Crippen LogP contribution in [0.4, 0.5) is 0 Å². The van der Waals surface area contributed by atoms with E-state index in [1.54, 1.807) is 0 Å². The number of allylic oxidation sites excluding steroid dienone is 1. The van der Waals surface area contributed by atoms with Crippen LogP contribution in [0, 0.1) is 0 Å². The maximum atomic E-state index is 2.62. The Morgan fingerprint density at radius 1 is 0.773 bits per heavy atom. The van der Waals surface area contributed by atoms with E-state index < -0.39 is 0 Å². The van der Waals surface area contributed by atoms with Crippen LogP contribution in [0.5, 0.6) is 0 Å². The molecule has 1 nitrogen and oxygen atoms in total. The van der Waals surface area contributed by atoms with Gasteiger partial charge in [0.1, 0.15) is 0 Å². The summed E-state index contributed by atoms with van der Waals surface area (Å²) in [7, 11) is 0. The van der Waals surface area contributed by atoms with Gasteiger partial charge in [-0.1, -0.05) is 79.2 Å². The van der Waals surface area contributed by atoms with Crippen LogP contribution in [0.15, 0.2) is 72.8 Å². The molecule has 2 aromatic carbocycles. The highest BCUT2D eigenvalue weighted by Crippen LogP contribution is 2.21. The summed E-state index contributed by atoms with van der Waals surface area (Å²) in [6, 6.07) is 22.2. The molecule has 1 atom stereocenters. The van der Waals surface area contributed by atoms with Gasteiger partial charge >= 0.3 is 0 Å². The molecule has 0 radical (unpaired) electrons. The van der Waals surface area contributed by atoms with Crippen LogP contribution in [0.2, 0.25) is 0 Å². The van der Waals surface area contributed by atoms with Crippen LogP contribution in [0.25, 0.3) is 0 Å². The van der Waals surface area contributed by atoms with Crippen LogP contribution in [-0.2, 0) is 13.1 Å². The molecule has 1 aliphatic rings. The molecule has 0 heterocycles. The van der Waals surface area contributed by atoms with Crippen molar-refractivity contribution < 1.29 is 0 Å². The minimum Gasteiger partial charge on any atom is -0.288 e. The maximum Gasteiger partial charge on any atom is 0.0285 e. The molecule has 0 spiro atoms. The van der Waals surface area contributed by atoms with Crippen LogP contribution >= 0.6 is 0 Å². The quantitative estimate of drug-likeness (QED) is 0.685. The van der Waals surface area contributed by atoms with Gasteiger partial charge in [-0.05, 0) is 30.4 Å². The standard InChI is InChI=1S/C21H25N/c1-2-10-16-21(15-9-1)22(17-19-11-5-3-6-12-19)18-20-13-7-4-8-14-20/h3-9,11-15,21H,1-2,10,16-18H2/t21-/m1/s1. The summed E-state index contributed by atoms with van der Waals surface area (Å²) < 4.78 is 0. The lowest BCUT2D eigenvalue weighted by atomic mass is 10.1. The van der Waals surface area contributed by atoms with E-state index in [2.05, 4.69) is 77.7 Å². The molecule has 0 aliphatic heterocycles. The third-order valence-electron chi connectivity index (χ3n) is 4.40. The zero-order chi connectivity index (χ0) is 15.0. The van der Waals surface area contributed by atoms with Gasteiger partial charge in [-0.15, -0.1) is 0 Å². The van der Waals surface area contributed by atoms with Crippen molar-refractivity contribution >= 4 is 0 Å². The smallest absolute Gasteiger partial charge is 0.0285 e.